The summed E-state index contributed by atoms with van der Waals surface area (Å²) in [6, 6.07) is 10.6. The Morgan fingerprint density at radius 1 is 0.889 bits per heavy atom. The first-order valence-corrected chi connectivity index (χ1v) is 9.17. The molecule has 1 saturated heterocycles. The van der Waals surface area contributed by atoms with Crippen molar-refractivity contribution in [2.24, 2.45) is 0 Å². The molecule has 0 aromatic heterocycles. The lowest BCUT2D eigenvalue weighted by Gasteiger charge is -2.34. The molecule has 0 atom stereocenters. The molecule has 0 bridgehead atoms. The van der Waals surface area contributed by atoms with Crippen LogP contribution < -0.4 is 0 Å². The highest BCUT2D eigenvalue weighted by molar-refractivity contribution is 6.37. The van der Waals surface area contributed by atoms with Gasteiger partial charge in [-0.15, -0.1) is 0 Å². The first-order chi connectivity index (χ1) is 13.0. The number of hydrogen-bond acceptors (Lipinski definition) is 2. The van der Waals surface area contributed by atoms with E-state index in [1.807, 2.05) is 0 Å². The van der Waals surface area contributed by atoms with Crippen molar-refractivity contribution in [1.82, 2.24) is 9.80 Å². The van der Waals surface area contributed by atoms with Crippen molar-refractivity contribution in [2.45, 2.75) is 0 Å². The Bertz CT molecular complexity index is 856. The van der Waals surface area contributed by atoms with Crippen molar-refractivity contribution >= 4 is 41.1 Å². The van der Waals surface area contributed by atoms with Crippen molar-refractivity contribution in [2.75, 3.05) is 26.2 Å². The van der Waals surface area contributed by atoms with Crippen LogP contribution in [0.2, 0.25) is 10.0 Å². The van der Waals surface area contributed by atoms with Crippen LogP contribution in [0.25, 0.3) is 6.08 Å². The van der Waals surface area contributed by atoms with Crippen LogP contribution in [0, 0.1) is 5.82 Å². The third-order valence-corrected chi connectivity index (χ3v) is 5.02. The lowest BCUT2D eigenvalue weighted by molar-refractivity contribution is -0.127. The van der Waals surface area contributed by atoms with Gasteiger partial charge < -0.3 is 9.80 Å². The smallest absolute Gasteiger partial charge is 0.253 e. The monoisotopic (exact) mass is 406 g/mol. The van der Waals surface area contributed by atoms with Gasteiger partial charge in [0, 0.05) is 53.4 Å². The predicted molar refractivity (Wildman–Crippen MR) is 104 cm³/mol. The molecule has 0 N–H and O–H groups in total. The summed E-state index contributed by atoms with van der Waals surface area (Å²) in [4.78, 5) is 28.1. The Morgan fingerprint density at radius 3 is 2.04 bits per heavy atom. The third kappa shape index (κ3) is 4.67. The zero-order valence-electron chi connectivity index (χ0n) is 14.4. The minimum absolute atomic E-state index is 0.166. The second-order valence-corrected chi connectivity index (χ2v) is 6.91. The summed E-state index contributed by atoms with van der Waals surface area (Å²) in [7, 11) is 0. The van der Waals surface area contributed by atoms with E-state index in [1.54, 1.807) is 34.1 Å². The minimum Gasteiger partial charge on any atom is -0.336 e. The van der Waals surface area contributed by atoms with E-state index in [2.05, 4.69) is 0 Å². The van der Waals surface area contributed by atoms with Crippen molar-refractivity contribution in [3.05, 3.63) is 75.5 Å². The van der Waals surface area contributed by atoms with Crippen LogP contribution in [-0.2, 0) is 4.79 Å². The summed E-state index contributed by atoms with van der Waals surface area (Å²) in [5.74, 6) is -0.715. The number of hydrogen-bond donors (Lipinski definition) is 0. The van der Waals surface area contributed by atoms with Crippen molar-refractivity contribution in [3.63, 3.8) is 0 Å². The number of rotatable bonds is 3. The molecule has 2 aromatic rings. The highest BCUT2D eigenvalue weighted by atomic mass is 35.5. The molecule has 4 nitrogen and oxygen atoms in total. The second-order valence-electron chi connectivity index (χ2n) is 6.09. The maximum Gasteiger partial charge on any atom is 0.253 e. The van der Waals surface area contributed by atoms with Crippen LogP contribution in [0.3, 0.4) is 0 Å². The van der Waals surface area contributed by atoms with Crippen LogP contribution >= 0.6 is 23.2 Å². The molecule has 0 radical (unpaired) electrons. The van der Waals surface area contributed by atoms with Gasteiger partial charge in [0.05, 0.1) is 0 Å². The summed E-state index contributed by atoms with van der Waals surface area (Å²) in [6.45, 7) is 1.68. The van der Waals surface area contributed by atoms with E-state index < -0.39 is 0 Å². The van der Waals surface area contributed by atoms with Gasteiger partial charge in [0.2, 0.25) is 5.91 Å². The molecular formula is C20H17Cl2FN2O2. The molecule has 0 spiro atoms. The Balaban J connectivity index is 1.58. The molecule has 1 aliphatic rings. The minimum atomic E-state index is -0.382. The van der Waals surface area contributed by atoms with Crippen molar-refractivity contribution < 1.29 is 14.0 Å². The van der Waals surface area contributed by atoms with E-state index in [4.69, 9.17) is 23.2 Å². The van der Waals surface area contributed by atoms with Gasteiger partial charge in [0.1, 0.15) is 5.82 Å². The Labute approximate surface area is 166 Å². The van der Waals surface area contributed by atoms with Crippen LogP contribution in [0.1, 0.15) is 15.9 Å². The van der Waals surface area contributed by atoms with Gasteiger partial charge in [-0.25, -0.2) is 4.39 Å². The number of nitrogens with zero attached hydrogens (tertiary/aromatic N) is 2. The van der Waals surface area contributed by atoms with Crippen LogP contribution in [0.15, 0.2) is 48.5 Å². The molecule has 0 saturated carbocycles. The first-order valence-electron chi connectivity index (χ1n) is 8.41. The lowest BCUT2D eigenvalue weighted by Crippen LogP contribution is -2.50. The van der Waals surface area contributed by atoms with Gasteiger partial charge >= 0.3 is 0 Å². The van der Waals surface area contributed by atoms with Crippen LogP contribution in [0.5, 0.6) is 0 Å². The number of piperazine rings is 1. The maximum atomic E-state index is 13.0. The quantitative estimate of drug-likeness (QED) is 0.718. The Hall–Kier alpha value is -2.37. The van der Waals surface area contributed by atoms with E-state index in [0.717, 1.165) is 0 Å². The van der Waals surface area contributed by atoms with E-state index >= 15 is 0 Å². The number of carbonyl (C=O) groups excluding carboxylic acids is 2. The van der Waals surface area contributed by atoms with Gasteiger partial charge in [-0.1, -0.05) is 29.3 Å². The molecule has 7 heteroatoms. The number of carbonyl (C=O) groups is 2. The van der Waals surface area contributed by atoms with Gasteiger partial charge in [-0.05, 0) is 42.5 Å². The molecule has 1 heterocycles. The third-order valence-electron chi connectivity index (χ3n) is 4.36. The van der Waals surface area contributed by atoms with Gasteiger partial charge in [-0.2, -0.15) is 0 Å². The average Bonchev–Trinajstić information content (AvgIpc) is 2.67. The fourth-order valence-electron chi connectivity index (χ4n) is 2.83. The average molecular weight is 407 g/mol. The van der Waals surface area contributed by atoms with Crippen molar-refractivity contribution in [1.29, 1.82) is 0 Å². The van der Waals surface area contributed by atoms with E-state index in [9.17, 15) is 14.0 Å². The summed E-state index contributed by atoms with van der Waals surface area (Å²) in [6.07, 6.45) is 3.04. The lowest BCUT2D eigenvalue weighted by atomic mass is 10.1. The molecule has 2 amide bonds. The molecule has 140 valence electrons. The second kappa shape index (κ2) is 8.55. The fraction of sp³-hybridized carbons (Fsp3) is 0.200. The zero-order chi connectivity index (χ0) is 19.4. The molecule has 1 fully saturated rings. The first kappa shape index (κ1) is 19.4. The molecule has 1 aliphatic heterocycles. The topological polar surface area (TPSA) is 40.6 Å². The van der Waals surface area contributed by atoms with E-state index in [-0.39, 0.29) is 17.6 Å². The summed E-state index contributed by atoms with van der Waals surface area (Å²) >= 11 is 12.2. The molecule has 3 rings (SSSR count). The van der Waals surface area contributed by atoms with Crippen LogP contribution in [-0.4, -0.2) is 47.8 Å². The molecule has 2 aromatic carbocycles. The summed E-state index contributed by atoms with van der Waals surface area (Å²) in [5, 5.41) is 0.947. The SMILES string of the molecule is O=C(/C=C/c1c(Cl)cccc1Cl)N1CCN(C(=O)c2ccc(F)cc2)CC1. The molecule has 27 heavy (non-hydrogen) atoms. The number of amides is 2. The van der Waals surface area contributed by atoms with Gasteiger partial charge in [0.15, 0.2) is 0 Å². The highest BCUT2D eigenvalue weighted by Gasteiger charge is 2.24. The highest BCUT2D eigenvalue weighted by Crippen LogP contribution is 2.25. The normalized spacial score (nSPS) is 14.6. The van der Waals surface area contributed by atoms with Crippen molar-refractivity contribution in [3.8, 4) is 0 Å². The molecular weight excluding hydrogens is 390 g/mol. The zero-order valence-corrected chi connectivity index (χ0v) is 15.9. The standard InChI is InChI=1S/C20H17Cl2FN2O2/c21-17-2-1-3-18(22)16(17)8-9-19(26)24-10-12-25(13-11-24)20(27)14-4-6-15(23)7-5-14/h1-9H,10-13H2/b9-8+. The van der Waals surface area contributed by atoms with E-state index in [0.29, 0.717) is 47.4 Å². The van der Waals surface area contributed by atoms with Gasteiger partial charge in [0.25, 0.3) is 5.91 Å². The fourth-order valence-corrected chi connectivity index (χ4v) is 3.36. The Morgan fingerprint density at radius 2 is 1.44 bits per heavy atom. The molecule has 0 unspecified atom stereocenters. The number of benzene rings is 2. The number of halogens is 3. The van der Waals surface area contributed by atoms with Crippen LogP contribution in [0.4, 0.5) is 4.39 Å². The predicted octanol–water partition coefficient (Wildman–Crippen LogP) is 4.13. The Kier molecular flexibility index (Phi) is 6.14. The summed E-state index contributed by atoms with van der Waals surface area (Å²) in [5.41, 5.74) is 1.03. The molecule has 0 aliphatic carbocycles. The maximum absolute atomic E-state index is 13.0. The summed E-state index contributed by atoms with van der Waals surface area (Å²) < 4.78 is 13.0. The van der Waals surface area contributed by atoms with E-state index in [1.165, 1.54) is 30.3 Å². The largest absolute Gasteiger partial charge is 0.336 e. The van der Waals surface area contributed by atoms with Gasteiger partial charge in [-0.3, -0.25) is 9.59 Å².